The Morgan fingerprint density at radius 3 is 2.26 bits per heavy atom. The Hall–Kier alpha value is -2.90. The number of sulfone groups is 1. The third kappa shape index (κ3) is 3.51. The molecule has 0 bridgehead atoms. The largest absolute Gasteiger partial charge is 0.355 e. The number of amides is 1. The highest BCUT2D eigenvalue weighted by Gasteiger charge is 2.29. The van der Waals surface area contributed by atoms with Crippen molar-refractivity contribution in [3.63, 3.8) is 0 Å². The first-order chi connectivity index (χ1) is 12.9. The first-order valence-corrected chi connectivity index (χ1v) is 9.75. The summed E-state index contributed by atoms with van der Waals surface area (Å²) in [5, 5.41) is 1.04. The van der Waals surface area contributed by atoms with Crippen LogP contribution in [0.25, 0.3) is 11.1 Å². The molecule has 27 heavy (non-hydrogen) atoms. The van der Waals surface area contributed by atoms with Crippen molar-refractivity contribution in [2.24, 2.45) is 0 Å². The van der Waals surface area contributed by atoms with Crippen LogP contribution in [0.2, 0.25) is 0 Å². The third-order valence-corrected chi connectivity index (χ3v) is 6.09. The minimum absolute atomic E-state index is 0.0467. The maximum atomic E-state index is 13.2. The van der Waals surface area contributed by atoms with Crippen LogP contribution in [0.3, 0.4) is 0 Å². The van der Waals surface area contributed by atoms with Gasteiger partial charge in [-0.25, -0.2) is 13.5 Å². The predicted octanol–water partition coefficient (Wildman–Crippen LogP) is 3.46. The fourth-order valence-corrected chi connectivity index (χ4v) is 4.21. The Balaban J connectivity index is 2.23. The van der Waals surface area contributed by atoms with Crippen molar-refractivity contribution in [3.8, 4) is 11.1 Å². The van der Waals surface area contributed by atoms with Gasteiger partial charge in [0.25, 0.3) is 5.91 Å². The number of hydrogen-bond acceptors (Lipinski definition) is 4. The average Bonchev–Trinajstić information content (AvgIpc) is 3.13. The van der Waals surface area contributed by atoms with Crippen molar-refractivity contribution < 1.29 is 18.0 Å². The van der Waals surface area contributed by atoms with Gasteiger partial charge in [-0.05, 0) is 24.6 Å². The second-order valence-electron chi connectivity index (χ2n) is 6.07. The maximum Gasteiger partial charge on any atom is 0.294 e. The number of nitrogens with zero attached hydrogens (tertiary/aromatic N) is 1. The van der Waals surface area contributed by atoms with Crippen molar-refractivity contribution in [2.75, 3.05) is 14.2 Å². The Bertz CT molecular complexity index is 1060. The summed E-state index contributed by atoms with van der Waals surface area (Å²) < 4.78 is 26.5. The summed E-state index contributed by atoms with van der Waals surface area (Å²) in [4.78, 5) is 20.7. The number of aromatic amines is 1. The first-order valence-electron chi connectivity index (χ1n) is 8.27. The molecule has 3 aromatic rings. The van der Waals surface area contributed by atoms with Crippen LogP contribution in [0.5, 0.6) is 0 Å². The fraction of sp³-hybridized carbons (Fsp3) is 0.150. The minimum atomic E-state index is -3.82. The van der Waals surface area contributed by atoms with Crippen molar-refractivity contribution in [1.29, 1.82) is 0 Å². The molecule has 1 N–H and O–H groups in total. The van der Waals surface area contributed by atoms with Crippen LogP contribution in [0, 0.1) is 6.92 Å². The van der Waals surface area contributed by atoms with Crippen LogP contribution in [-0.2, 0) is 14.7 Å². The zero-order chi connectivity index (χ0) is 19.6. The molecule has 0 aliphatic rings. The van der Waals surface area contributed by atoms with Gasteiger partial charge in [0.1, 0.15) is 5.69 Å². The number of H-pyrrole nitrogens is 1. The van der Waals surface area contributed by atoms with E-state index in [0.29, 0.717) is 11.1 Å². The molecule has 0 saturated heterocycles. The molecule has 7 heteroatoms. The van der Waals surface area contributed by atoms with E-state index in [4.69, 9.17) is 4.84 Å². The number of hydroxylamine groups is 2. The van der Waals surface area contributed by atoms with E-state index in [2.05, 4.69) is 4.98 Å². The summed E-state index contributed by atoms with van der Waals surface area (Å²) in [5.41, 5.74) is 2.06. The molecule has 0 atom stereocenters. The zero-order valence-corrected chi connectivity index (χ0v) is 16.1. The quantitative estimate of drug-likeness (QED) is 0.683. The third-order valence-electron chi connectivity index (χ3n) is 4.30. The van der Waals surface area contributed by atoms with Crippen LogP contribution in [0.4, 0.5) is 0 Å². The molecule has 0 saturated carbocycles. The molecule has 3 rings (SSSR count). The highest BCUT2D eigenvalue weighted by molar-refractivity contribution is 7.91. The van der Waals surface area contributed by atoms with Crippen LogP contribution >= 0.6 is 0 Å². The molecule has 0 spiro atoms. The molecule has 0 aliphatic carbocycles. The molecular weight excluding hydrogens is 364 g/mol. The lowest BCUT2D eigenvalue weighted by Crippen LogP contribution is -2.26. The summed E-state index contributed by atoms with van der Waals surface area (Å²) >= 11 is 0. The van der Waals surface area contributed by atoms with Crippen molar-refractivity contribution >= 4 is 15.7 Å². The lowest BCUT2D eigenvalue weighted by molar-refractivity contribution is -0.0759. The number of aryl methyl sites for hydroxylation is 1. The number of carbonyl (C=O) groups excluding carboxylic acids is 1. The fourth-order valence-electron chi connectivity index (χ4n) is 2.76. The van der Waals surface area contributed by atoms with Gasteiger partial charge in [0.15, 0.2) is 0 Å². The highest BCUT2D eigenvalue weighted by atomic mass is 32.2. The van der Waals surface area contributed by atoms with Crippen LogP contribution < -0.4 is 0 Å². The van der Waals surface area contributed by atoms with Gasteiger partial charge >= 0.3 is 0 Å². The van der Waals surface area contributed by atoms with E-state index in [1.165, 1.54) is 20.4 Å². The summed E-state index contributed by atoms with van der Waals surface area (Å²) in [6, 6.07) is 15.6. The topological polar surface area (TPSA) is 79.5 Å². The molecule has 0 fully saturated rings. The van der Waals surface area contributed by atoms with E-state index in [1.54, 1.807) is 48.5 Å². The minimum Gasteiger partial charge on any atom is -0.355 e. The zero-order valence-electron chi connectivity index (χ0n) is 15.3. The van der Waals surface area contributed by atoms with E-state index >= 15 is 0 Å². The molecule has 6 nitrogen and oxygen atoms in total. The second-order valence-corrected chi connectivity index (χ2v) is 7.99. The number of rotatable bonds is 5. The smallest absolute Gasteiger partial charge is 0.294 e. The molecule has 0 unspecified atom stereocenters. The number of carbonyl (C=O) groups is 1. The average molecular weight is 384 g/mol. The summed E-state index contributed by atoms with van der Waals surface area (Å²) in [6.45, 7) is 1.89. The van der Waals surface area contributed by atoms with Gasteiger partial charge < -0.3 is 4.98 Å². The monoisotopic (exact) mass is 384 g/mol. The first kappa shape index (κ1) is 18.9. The summed E-state index contributed by atoms with van der Waals surface area (Å²) in [5.74, 6) is -0.471. The highest BCUT2D eigenvalue weighted by Crippen LogP contribution is 2.35. The molecular formula is C20H20N2O4S. The number of benzene rings is 2. The lowest BCUT2D eigenvalue weighted by atomic mass is 10.1. The van der Waals surface area contributed by atoms with Crippen LogP contribution in [0.1, 0.15) is 16.1 Å². The lowest BCUT2D eigenvalue weighted by Gasteiger charge is -2.14. The normalized spacial score (nSPS) is 11.4. The number of hydrogen-bond donors (Lipinski definition) is 1. The second kappa shape index (κ2) is 7.38. The van der Waals surface area contributed by atoms with Crippen molar-refractivity contribution in [2.45, 2.75) is 16.7 Å². The Labute approximate surface area is 158 Å². The van der Waals surface area contributed by atoms with Crippen LogP contribution in [-0.4, -0.2) is 38.5 Å². The van der Waals surface area contributed by atoms with E-state index in [1.807, 2.05) is 13.0 Å². The van der Waals surface area contributed by atoms with Gasteiger partial charge in [-0.15, -0.1) is 0 Å². The molecule has 2 aromatic carbocycles. The van der Waals surface area contributed by atoms with Crippen LogP contribution in [0.15, 0.2) is 70.6 Å². The van der Waals surface area contributed by atoms with Gasteiger partial charge in [0, 0.05) is 18.8 Å². The van der Waals surface area contributed by atoms with E-state index < -0.39 is 15.7 Å². The molecule has 140 valence electrons. The number of nitrogens with one attached hydrogen (secondary N) is 1. The van der Waals surface area contributed by atoms with E-state index in [0.717, 1.165) is 10.6 Å². The SMILES string of the molecule is CON(C)C(=O)c1[nH]cc(S(=O)(=O)c2ccc(C)cc2)c1-c1ccccc1. The Morgan fingerprint density at radius 1 is 1.04 bits per heavy atom. The van der Waals surface area contributed by atoms with Gasteiger partial charge in [-0.3, -0.25) is 9.63 Å². The van der Waals surface area contributed by atoms with Gasteiger partial charge in [-0.2, -0.15) is 0 Å². The molecule has 1 amide bonds. The van der Waals surface area contributed by atoms with Gasteiger partial charge in [0.05, 0.1) is 16.9 Å². The molecule has 1 heterocycles. The van der Waals surface area contributed by atoms with Gasteiger partial charge in [-0.1, -0.05) is 48.0 Å². The molecule has 0 radical (unpaired) electrons. The molecule has 0 aliphatic heterocycles. The Kier molecular flexibility index (Phi) is 5.16. The maximum absolute atomic E-state index is 13.2. The summed E-state index contributed by atoms with van der Waals surface area (Å²) in [7, 11) is -0.990. The molecule has 1 aromatic heterocycles. The van der Waals surface area contributed by atoms with E-state index in [9.17, 15) is 13.2 Å². The summed E-state index contributed by atoms with van der Waals surface area (Å²) in [6.07, 6.45) is 1.36. The standard InChI is InChI=1S/C20H20N2O4S/c1-14-9-11-16(12-10-14)27(24,25)17-13-21-19(20(23)22(2)26-3)18(17)15-7-5-4-6-8-15/h4-13,21H,1-3H3. The van der Waals surface area contributed by atoms with Crippen molar-refractivity contribution in [1.82, 2.24) is 10.0 Å². The van der Waals surface area contributed by atoms with Crippen molar-refractivity contribution in [3.05, 3.63) is 72.1 Å². The predicted molar refractivity (Wildman–Crippen MR) is 102 cm³/mol. The van der Waals surface area contributed by atoms with E-state index in [-0.39, 0.29) is 15.5 Å². The Morgan fingerprint density at radius 2 is 1.67 bits per heavy atom. The van der Waals surface area contributed by atoms with Gasteiger partial charge in [0.2, 0.25) is 9.84 Å². The number of aromatic nitrogens is 1.